The zero-order valence-electron chi connectivity index (χ0n) is 15.9. The Labute approximate surface area is 162 Å². The first-order valence-corrected chi connectivity index (χ1v) is 9.13. The number of aromatic nitrogens is 2. The van der Waals surface area contributed by atoms with Crippen molar-refractivity contribution in [3.05, 3.63) is 52.2 Å². The summed E-state index contributed by atoms with van der Waals surface area (Å²) >= 11 is 0. The minimum atomic E-state index is -0.326. The molecule has 0 unspecified atom stereocenters. The number of ether oxygens (including phenoxy) is 2. The van der Waals surface area contributed by atoms with Gasteiger partial charge in [-0.15, -0.1) is 0 Å². The highest BCUT2D eigenvalue weighted by Crippen LogP contribution is 2.38. The Morgan fingerprint density at radius 1 is 1.25 bits per heavy atom. The monoisotopic (exact) mass is 385 g/mol. The van der Waals surface area contributed by atoms with Crippen molar-refractivity contribution in [3.63, 3.8) is 0 Å². The maximum absolute atomic E-state index is 12.1. The fraction of sp³-hybridized carbons (Fsp3) is 0.400. The molecule has 3 rings (SSSR count). The van der Waals surface area contributed by atoms with Crippen LogP contribution >= 0.6 is 0 Å². The Bertz CT molecular complexity index is 934. The van der Waals surface area contributed by atoms with Crippen LogP contribution in [0.2, 0.25) is 0 Å². The second kappa shape index (κ2) is 8.69. The lowest BCUT2D eigenvalue weighted by atomic mass is 10.1. The van der Waals surface area contributed by atoms with Crippen LogP contribution in [0.5, 0.6) is 11.5 Å². The Balaban J connectivity index is 1.47. The van der Waals surface area contributed by atoms with E-state index in [9.17, 15) is 14.4 Å². The molecule has 28 heavy (non-hydrogen) atoms. The third kappa shape index (κ3) is 4.97. The van der Waals surface area contributed by atoms with E-state index in [1.165, 1.54) is 24.9 Å². The average Bonchev–Trinajstić information content (AvgIpc) is 3.52. The van der Waals surface area contributed by atoms with Gasteiger partial charge in [-0.2, -0.15) is 0 Å². The molecule has 8 heteroatoms. The van der Waals surface area contributed by atoms with Crippen molar-refractivity contribution >= 4 is 11.7 Å². The summed E-state index contributed by atoms with van der Waals surface area (Å²) in [5.41, 5.74) is 1.24. The molecule has 1 aromatic carbocycles. The molecule has 1 aliphatic rings. The molecular formula is C20H23N3O5. The van der Waals surface area contributed by atoms with Gasteiger partial charge in [0, 0.05) is 30.6 Å². The quantitative estimate of drug-likeness (QED) is 0.657. The van der Waals surface area contributed by atoms with Crippen molar-refractivity contribution in [3.8, 4) is 11.5 Å². The molecule has 148 valence electrons. The van der Waals surface area contributed by atoms with Crippen molar-refractivity contribution in [1.82, 2.24) is 14.9 Å². The number of Topliss-reactive ketones (excluding diaryl/α,β-unsaturated/α-hetero) is 1. The van der Waals surface area contributed by atoms with Gasteiger partial charge in [-0.05, 0) is 38.0 Å². The summed E-state index contributed by atoms with van der Waals surface area (Å²) in [5.74, 6) is 0.777. The first kappa shape index (κ1) is 19.6. The summed E-state index contributed by atoms with van der Waals surface area (Å²) < 4.78 is 12.1. The Hall–Kier alpha value is -3.16. The SMILES string of the molecule is COc1cc(C(C)=O)ccc1OCC(=O)NCCn1cnc(C2CC2)cc1=O. The molecule has 0 saturated heterocycles. The van der Waals surface area contributed by atoms with Crippen LogP contribution in [0.15, 0.2) is 35.4 Å². The maximum atomic E-state index is 12.1. The van der Waals surface area contributed by atoms with E-state index in [1.54, 1.807) is 24.3 Å². The van der Waals surface area contributed by atoms with Crippen molar-refractivity contribution in [2.45, 2.75) is 32.2 Å². The molecule has 2 aromatic rings. The second-order valence-electron chi connectivity index (χ2n) is 6.68. The van der Waals surface area contributed by atoms with Crippen molar-refractivity contribution < 1.29 is 19.1 Å². The van der Waals surface area contributed by atoms with E-state index in [0.717, 1.165) is 18.5 Å². The zero-order valence-corrected chi connectivity index (χ0v) is 15.9. The molecule has 1 N–H and O–H groups in total. The van der Waals surface area contributed by atoms with E-state index in [4.69, 9.17) is 9.47 Å². The van der Waals surface area contributed by atoms with Gasteiger partial charge in [0.15, 0.2) is 23.9 Å². The van der Waals surface area contributed by atoms with Gasteiger partial charge in [-0.25, -0.2) is 4.98 Å². The van der Waals surface area contributed by atoms with Gasteiger partial charge in [0.2, 0.25) is 0 Å². The first-order chi connectivity index (χ1) is 13.5. The van der Waals surface area contributed by atoms with E-state index in [0.29, 0.717) is 29.5 Å². The van der Waals surface area contributed by atoms with E-state index >= 15 is 0 Å². The summed E-state index contributed by atoms with van der Waals surface area (Å²) in [6.45, 7) is 1.87. The van der Waals surface area contributed by atoms with Crippen LogP contribution in [-0.2, 0) is 11.3 Å². The average molecular weight is 385 g/mol. The Morgan fingerprint density at radius 2 is 2.04 bits per heavy atom. The molecule has 0 atom stereocenters. The number of nitrogens with one attached hydrogen (secondary N) is 1. The van der Waals surface area contributed by atoms with Gasteiger partial charge >= 0.3 is 0 Å². The number of nitrogens with zero attached hydrogens (tertiary/aromatic N) is 2. The highest BCUT2D eigenvalue weighted by atomic mass is 16.5. The largest absolute Gasteiger partial charge is 0.493 e. The summed E-state index contributed by atoms with van der Waals surface area (Å²) in [5, 5.41) is 2.70. The summed E-state index contributed by atoms with van der Waals surface area (Å²) in [4.78, 5) is 39.8. The highest BCUT2D eigenvalue weighted by Gasteiger charge is 2.25. The van der Waals surface area contributed by atoms with Crippen LogP contribution in [0.3, 0.4) is 0 Å². The van der Waals surface area contributed by atoms with Crippen molar-refractivity contribution in [1.29, 1.82) is 0 Å². The lowest BCUT2D eigenvalue weighted by Gasteiger charge is -2.12. The van der Waals surface area contributed by atoms with Crippen LogP contribution in [0.25, 0.3) is 0 Å². The third-order valence-corrected chi connectivity index (χ3v) is 4.50. The van der Waals surface area contributed by atoms with Gasteiger partial charge in [0.1, 0.15) is 0 Å². The van der Waals surface area contributed by atoms with Crippen LogP contribution < -0.4 is 20.3 Å². The number of ketones is 1. The lowest BCUT2D eigenvalue weighted by molar-refractivity contribution is -0.123. The summed E-state index contributed by atoms with van der Waals surface area (Å²) in [6.07, 6.45) is 3.71. The van der Waals surface area contributed by atoms with Gasteiger partial charge < -0.3 is 14.8 Å². The number of carbonyl (C=O) groups is 2. The van der Waals surface area contributed by atoms with Crippen LogP contribution in [-0.4, -0.2) is 41.5 Å². The van der Waals surface area contributed by atoms with Crippen LogP contribution in [0.4, 0.5) is 0 Å². The van der Waals surface area contributed by atoms with Crippen molar-refractivity contribution in [2.24, 2.45) is 0 Å². The predicted molar refractivity (Wildman–Crippen MR) is 102 cm³/mol. The zero-order chi connectivity index (χ0) is 20.1. The van der Waals surface area contributed by atoms with E-state index < -0.39 is 0 Å². The predicted octanol–water partition coefficient (Wildman–Crippen LogP) is 1.53. The molecule has 1 aromatic heterocycles. The minimum Gasteiger partial charge on any atom is -0.493 e. The molecule has 8 nitrogen and oxygen atoms in total. The van der Waals surface area contributed by atoms with E-state index in [2.05, 4.69) is 10.3 Å². The van der Waals surface area contributed by atoms with Crippen LogP contribution in [0, 0.1) is 0 Å². The van der Waals surface area contributed by atoms with Gasteiger partial charge in [-0.3, -0.25) is 19.0 Å². The molecular weight excluding hydrogens is 362 g/mol. The number of carbonyl (C=O) groups excluding carboxylic acids is 2. The highest BCUT2D eigenvalue weighted by molar-refractivity contribution is 5.94. The number of benzene rings is 1. The Kier molecular flexibility index (Phi) is 6.08. The van der Waals surface area contributed by atoms with E-state index in [1.807, 2.05) is 0 Å². The van der Waals surface area contributed by atoms with Gasteiger partial charge in [0.05, 0.1) is 19.1 Å². The molecule has 1 amide bonds. The number of amides is 1. The second-order valence-corrected chi connectivity index (χ2v) is 6.68. The third-order valence-electron chi connectivity index (χ3n) is 4.50. The van der Waals surface area contributed by atoms with Crippen molar-refractivity contribution in [2.75, 3.05) is 20.3 Å². The fourth-order valence-electron chi connectivity index (χ4n) is 2.73. The molecule has 1 aliphatic carbocycles. The Morgan fingerprint density at radius 3 is 2.68 bits per heavy atom. The molecule has 1 saturated carbocycles. The lowest BCUT2D eigenvalue weighted by Crippen LogP contribution is -2.33. The topological polar surface area (TPSA) is 99.5 Å². The number of hydrogen-bond donors (Lipinski definition) is 1. The smallest absolute Gasteiger partial charge is 0.258 e. The minimum absolute atomic E-state index is 0.0857. The molecule has 1 fully saturated rings. The molecule has 0 radical (unpaired) electrons. The summed E-state index contributed by atoms with van der Waals surface area (Å²) in [6, 6.07) is 6.35. The number of methoxy groups -OCH3 is 1. The first-order valence-electron chi connectivity index (χ1n) is 9.13. The van der Waals surface area contributed by atoms with Gasteiger partial charge in [0.25, 0.3) is 11.5 Å². The number of rotatable bonds is 9. The molecule has 0 bridgehead atoms. The van der Waals surface area contributed by atoms with E-state index in [-0.39, 0.29) is 30.4 Å². The van der Waals surface area contributed by atoms with Crippen LogP contribution in [0.1, 0.15) is 41.7 Å². The number of hydrogen-bond acceptors (Lipinski definition) is 6. The molecule has 1 heterocycles. The fourth-order valence-corrected chi connectivity index (χ4v) is 2.73. The van der Waals surface area contributed by atoms with Gasteiger partial charge in [-0.1, -0.05) is 0 Å². The summed E-state index contributed by atoms with van der Waals surface area (Å²) in [7, 11) is 1.46. The molecule has 0 aliphatic heterocycles. The normalized spacial score (nSPS) is 13.1. The maximum Gasteiger partial charge on any atom is 0.258 e. The standard InChI is InChI=1S/C20H23N3O5/c1-13(24)15-5-6-17(18(9-15)27-2)28-11-19(25)21-7-8-23-12-22-16(10-20(23)26)14-3-4-14/h5-6,9-10,12,14H,3-4,7-8,11H2,1-2H3,(H,21,25). The molecule has 0 spiro atoms.